The molecule has 5 rings (SSSR count). The van der Waals surface area contributed by atoms with E-state index in [9.17, 15) is 4.79 Å². The van der Waals surface area contributed by atoms with Gasteiger partial charge in [-0.05, 0) is 60.5 Å². The second kappa shape index (κ2) is 7.97. The Morgan fingerprint density at radius 1 is 1.03 bits per heavy atom. The van der Waals surface area contributed by atoms with Crippen LogP contribution in [0.2, 0.25) is 5.02 Å². The maximum absolute atomic E-state index is 12.8. The number of hydrogen-bond donors (Lipinski definition) is 0. The summed E-state index contributed by atoms with van der Waals surface area (Å²) in [6.07, 6.45) is 3.60. The van der Waals surface area contributed by atoms with Gasteiger partial charge in [0.15, 0.2) is 5.76 Å². The van der Waals surface area contributed by atoms with Gasteiger partial charge in [-0.3, -0.25) is 4.79 Å². The van der Waals surface area contributed by atoms with E-state index in [2.05, 4.69) is 0 Å². The SMILES string of the molecule is C[C@@H]1Oc2ccccc2C=C1C=C1Oc2cc(OCc3cccc(Cl)c3)ccc2C1=O. The number of carbonyl (C=O) groups is 1. The average molecular weight is 431 g/mol. The summed E-state index contributed by atoms with van der Waals surface area (Å²) >= 11 is 6.02. The van der Waals surface area contributed by atoms with Crippen molar-refractivity contribution in [2.45, 2.75) is 19.6 Å². The van der Waals surface area contributed by atoms with Crippen LogP contribution in [0, 0.1) is 0 Å². The van der Waals surface area contributed by atoms with Gasteiger partial charge in [-0.15, -0.1) is 0 Å². The molecule has 0 radical (unpaired) electrons. The van der Waals surface area contributed by atoms with Crippen molar-refractivity contribution < 1.29 is 19.0 Å². The Morgan fingerprint density at radius 3 is 2.77 bits per heavy atom. The molecule has 4 nitrogen and oxygen atoms in total. The Hall–Kier alpha value is -3.50. The summed E-state index contributed by atoms with van der Waals surface area (Å²) in [5.41, 5.74) is 3.34. The highest BCUT2D eigenvalue weighted by Gasteiger charge is 2.29. The van der Waals surface area contributed by atoms with E-state index in [1.807, 2.05) is 61.5 Å². The Kier molecular flexibility index (Phi) is 5.00. The summed E-state index contributed by atoms with van der Waals surface area (Å²) in [6.45, 7) is 2.32. The minimum atomic E-state index is -0.181. The van der Waals surface area contributed by atoms with E-state index < -0.39 is 0 Å². The smallest absolute Gasteiger partial charge is 0.231 e. The predicted octanol–water partition coefficient (Wildman–Crippen LogP) is 6.24. The highest BCUT2D eigenvalue weighted by atomic mass is 35.5. The van der Waals surface area contributed by atoms with Gasteiger partial charge in [0, 0.05) is 16.7 Å². The zero-order valence-corrected chi connectivity index (χ0v) is 17.6. The largest absolute Gasteiger partial charge is 0.489 e. The number of rotatable bonds is 4. The average Bonchev–Trinajstić information content (AvgIpc) is 3.07. The lowest BCUT2D eigenvalue weighted by Crippen LogP contribution is -2.18. The molecule has 0 fully saturated rings. The number of carbonyl (C=O) groups excluding carboxylic acids is 1. The minimum absolute atomic E-state index is 0.150. The molecule has 0 saturated heterocycles. The molecule has 0 amide bonds. The molecule has 2 aliphatic rings. The topological polar surface area (TPSA) is 44.8 Å². The van der Waals surface area contributed by atoms with Crippen LogP contribution in [0.1, 0.15) is 28.4 Å². The number of hydrogen-bond acceptors (Lipinski definition) is 4. The van der Waals surface area contributed by atoms with Crippen LogP contribution in [-0.4, -0.2) is 11.9 Å². The molecule has 31 heavy (non-hydrogen) atoms. The second-order valence-electron chi connectivity index (χ2n) is 7.46. The minimum Gasteiger partial charge on any atom is -0.489 e. The number of fused-ring (bicyclic) bond motifs is 2. The van der Waals surface area contributed by atoms with Crippen LogP contribution in [0.25, 0.3) is 6.08 Å². The van der Waals surface area contributed by atoms with Crippen molar-refractivity contribution in [2.75, 3.05) is 0 Å². The van der Waals surface area contributed by atoms with Gasteiger partial charge in [-0.1, -0.05) is 41.9 Å². The Labute approximate surface area is 185 Å². The van der Waals surface area contributed by atoms with Gasteiger partial charge in [0.2, 0.25) is 5.78 Å². The number of halogens is 1. The molecule has 0 N–H and O–H groups in total. The molecule has 0 aromatic heterocycles. The van der Waals surface area contributed by atoms with Gasteiger partial charge >= 0.3 is 0 Å². The summed E-state index contributed by atoms with van der Waals surface area (Å²) in [5, 5.41) is 0.664. The van der Waals surface area contributed by atoms with Gasteiger partial charge in [-0.2, -0.15) is 0 Å². The summed E-state index contributed by atoms with van der Waals surface area (Å²) < 4.78 is 17.7. The maximum atomic E-state index is 12.8. The first kappa shape index (κ1) is 19.5. The molecule has 0 bridgehead atoms. The first-order chi connectivity index (χ1) is 15.1. The fraction of sp³-hybridized carbons (Fsp3) is 0.115. The Bertz CT molecular complexity index is 1240. The highest BCUT2D eigenvalue weighted by molar-refractivity contribution is 6.30. The van der Waals surface area contributed by atoms with Crippen molar-refractivity contribution in [3.05, 3.63) is 106 Å². The van der Waals surface area contributed by atoms with Crippen molar-refractivity contribution in [3.8, 4) is 17.2 Å². The third kappa shape index (κ3) is 3.94. The molecule has 3 aromatic carbocycles. The van der Waals surface area contributed by atoms with E-state index in [-0.39, 0.29) is 17.6 Å². The van der Waals surface area contributed by atoms with E-state index in [0.29, 0.717) is 28.7 Å². The lowest BCUT2D eigenvalue weighted by Gasteiger charge is -2.22. The number of para-hydroxylation sites is 1. The molecule has 0 saturated carbocycles. The summed E-state index contributed by atoms with van der Waals surface area (Å²) in [4.78, 5) is 12.8. The van der Waals surface area contributed by atoms with Gasteiger partial charge in [0.25, 0.3) is 0 Å². The first-order valence-electron chi connectivity index (χ1n) is 10.00. The van der Waals surface area contributed by atoms with Crippen molar-refractivity contribution in [3.63, 3.8) is 0 Å². The number of ketones is 1. The molecular formula is C26H19ClO4. The van der Waals surface area contributed by atoms with Crippen LogP contribution in [0.15, 0.2) is 84.1 Å². The predicted molar refractivity (Wildman–Crippen MR) is 120 cm³/mol. The number of ether oxygens (including phenoxy) is 3. The first-order valence-corrected chi connectivity index (χ1v) is 10.4. The van der Waals surface area contributed by atoms with Crippen LogP contribution in [-0.2, 0) is 6.61 Å². The van der Waals surface area contributed by atoms with Gasteiger partial charge < -0.3 is 14.2 Å². The van der Waals surface area contributed by atoms with Gasteiger partial charge in [0.05, 0.1) is 5.56 Å². The van der Waals surface area contributed by atoms with Crippen LogP contribution in [0.5, 0.6) is 17.2 Å². The summed E-state index contributed by atoms with van der Waals surface area (Å²) in [5.74, 6) is 2.08. The molecule has 1 atom stereocenters. The number of benzene rings is 3. The summed E-state index contributed by atoms with van der Waals surface area (Å²) in [6, 6.07) is 20.6. The molecule has 2 aliphatic heterocycles. The lowest BCUT2D eigenvalue weighted by atomic mass is 10.0. The van der Waals surface area contributed by atoms with E-state index in [0.717, 1.165) is 22.4 Å². The molecule has 0 aliphatic carbocycles. The van der Waals surface area contributed by atoms with Crippen molar-refractivity contribution >= 4 is 23.5 Å². The quantitative estimate of drug-likeness (QED) is 0.459. The maximum Gasteiger partial charge on any atom is 0.231 e. The Balaban J connectivity index is 1.36. The van der Waals surface area contributed by atoms with Gasteiger partial charge in [-0.25, -0.2) is 0 Å². The normalized spacial score (nSPS) is 18.0. The monoisotopic (exact) mass is 430 g/mol. The number of allylic oxidation sites excluding steroid dienone is 1. The molecule has 5 heteroatoms. The second-order valence-corrected chi connectivity index (χ2v) is 7.90. The van der Waals surface area contributed by atoms with Crippen LogP contribution in [0.3, 0.4) is 0 Å². The fourth-order valence-corrected chi connectivity index (χ4v) is 3.84. The standard InChI is InChI=1S/C26H19ClO4/c1-16-19(12-18-6-2-3-8-23(18)30-16)13-25-26(28)22-10-9-21(14-24(22)31-25)29-15-17-5-4-7-20(27)11-17/h2-14,16H,15H2,1H3/t16-/m0/s1. The molecule has 154 valence electrons. The highest BCUT2D eigenvalue weighted by Crippen LogP contribution is 2.36. The third-order valence-electron chi connectivity index (χ3n) is 5.25. The lowest BCUT2D eigenvalue weighted by molar-refractivity contribution is 0.101. The van der Waals surface area contributed by atoms with Crippen LogP contribution in [0.4, 0.5) is 0 Å². The van der Waals surface area contributed by atoms with Crippen molar-refractivity contribution in [1.82, 2.24) is 0 Å². The van der Waals surface area contributed by atoms with E-state index >= 15 is 0 Å². The molecular weight excluding hydrogens is 412 g/mol. The number of Topliss-reactive ketones (excluding diaryl/α,β-unsaturated/α-hetero) is 1. The molecule has 2 heterocycles. The fourth-order valence-electron chi connectivity index (χ4n) is 3.62. The van der Waals surface area contributed by atoms with Crippen LogP contribution < -0.4 is 14.2 Å². The van der Waals surface area contributed by atoms with E-state index in [1.165, 1.54) is 0 Å². The molecule has 0 spiro atoms. The van der Waals surface area contributed by atoms with E-state index in [4.69, 9.17) is 25.8 Å². The van der Waals surface area contributed by atoms with Crippen molar-refractivity contribution in [2.24, 2.45) is 0 Å². The molecule has 0 unspecified atom stereocenters. The van der Waals surface area contributed by atoms with Crippen LogP contribution >= 0.6 is 11.6 Å². The zero-order chi connectivity index (χ0) is 21.4. The van der Waals surface area contributed by atoms with E-state index in [1.54, 1.807) is 24.3 Å². The van der Waals surface area contributed by atoms with Gasteiger partial charge in [0.1, 0.15) is 30.0 Å². The molecule has 3 aromatic rings. The Morgan fingerprint density at radius 2 is 1.90 bits per heavy atom. The zero-order valence-electron chi connectivity index (χ0n) is 16.8. The third-order valence-corrected chi connectivity index (χ3v) is 5.48. The summed E-state index contributed by atoms with van der Waals surface area (Å²) in [7, 11) is 0. The van der Waals surface area contributed by atoms with Crippen molar-refractivity contribution in [1.29, 1.82) is 0 Å².